The predicted molar refractivity (Wildman–Crippen MR) is 98.4 cm³/mol. The van der Waals surface area contributed by atoms with Gasteiger partial charge in [-0.25, -0.2) is 4.79 Å². The van der Waals surface area contributed by atoms with Gasteiger partial charge in [-0.2, -0.15) is 0 Å². The summed E-state index contributed by atoms with van der Waals surface area (Å²) in [6.07, 6.45) is -1.20. The molecule has 0 saturated carbocycles. The molecular weight excluding hydrogens is 421 g/mol. The number of hydrogen-bond acceptors (Lipinski definition) is 4. The van der Waals surface area contributed by atoms with Crippen molar-refractivity contribution < 1.29 is 19.4 Å². The van der Waals surface area contributed by atoms with Crippen LogP contribution >= 0.6 is 22.6 Å². The Morgan fingerprint density at radius 3 is 2.38 bits per heavy atom. The summed E-state index contributed by atoms with van der Waals surface area (Å²) in [6, 6.07) is 14.5. The molecule has 2 atom stereocenters. The van der Waals surface area contributed by atoms with Gasteiger partial charge < -0.3 is 15.2 Å². The normalized spacial score (nSPS) is 13.0. The van der Waals surface area contributed by atoms with Crippen molar-refractivity contribution >= 4 is 34.5 Å². The number of benzene rings is 2. The lowest BCUT2D eigenvalue weighted by Crippen LogP contribution is -2.46. The van der Waals surface area contributed by atoms with Crippen LogP contribution in [0.5, 0.6) is 0 Å². The van der Waals surface area contributed by atoms with Crippen LogP contribution in [0.25, 0.3) is 0 Å². The highest BCUT2D eigenvalue weighted by atomic mass is 127. The lowest BCUT2D eigenvalue weighted by molar-refractivity contribution is -0.148. The maximum absolute atomic E-state index is 12.5. The summed E-state index contributed by atoms with van der Waals surface area (Å²) in [5, 5.41) is 13.1. The SMILES string of the molecule is CCOC(=O)C(NC(=O)c1ccccc1I)C(O)c1ccccc1. The Kier molecular flexibility index (Phi) is 6.74. The van der Waals surface area contributed by atoms with Gasteiger partial charge in [0.05, 0.1) is 12.2 Å². The third kappa shape index (κ3) is 4.55. The van der Waals surface area contributed by atoms with Gasteiger partial charge in [-0.1, -0.05) is 42.5 Å². The molecule has 0 radical (unpaired) electrons. The highest BCUT2D eigenvalue weighted by Gasteiger charge is 2.31. The van der Waals surface area contributed by atoms with E-state index >= 15 is 0 Å². The van der Waals surface area contributed by atoms with Crippen molar-refractivity contribution in [2.45, 2.75) is 19.1 Å². The van der Waals surface area contributed by atoms with Crippen LogP contribution in [0.3, 0.4) is 0 Å². The van der Waals surface area contributed by atoms with Gasteiger partial charge in [0.25, 0.3) is 5.91 Å². The fourth-order valence-electron chi connectivity index (χ4n) is 2.21. The molecule has 2 aromatic rings. The fourth-order valence-corrected chi connectivity index (χ4v) is 2.84. The Hall–Kier alpha value is -1.93. The van der Waals surface area contributed by atoms with Crippen LogP contribution < -0.4 is 5.32 Å². The maximum Gasteiger partial charge on any atom is 0.331 e. The molecule has 0 aromatic heterocycles. The topological polar surface area (TPSA) is 75.6 Å². The Morgan fingerprint density at radius 1 is 1.12 bits per heavy atom. The molecule has 2 rings (SSSR count). The lowest BCUT2D eigenvalue weighted by atomic mass is 10.0. The average Bonchev–Trinajstić information content (AvgIpc) is 2.60. The zero-order valence-corrected chi connectivity index (χ0v) is 15.3. The fraction of sp³-hybridized carbons (Fsp3) is 0.222. The number of aliphatic hydroxyl groups excluding tert-OH is 1. The molecule has 2 N–H and O–H groups in total. The van der Waals surface area contributed by atoms with Crippen LogP contribution in [0.1, 0.15) is 28.9 Å². The minimum atomic E-state index is -1.20. The maximum atomic E-state index is 12.5. The van der Waals surface area contributed by atoms with E-state index in [1.807, 2.05) is 28.7 Å². The van der Waals surface area contributed by atoms with E-state index in [4.69, 9.17) is 4.74 Å². The Balaban J connectivity index is 2.25. The highest BCUT2D eigenvalue weighted by molar-refractivity contribution is 14.1. The van der Waals surface area contributed by atoms with Gasteiger partial charge >= 0.3 is 5.97 Å². The van der Waals surface area contributed by atoms with Gasteiger partial charge in [0.1, 0.15) is 6.10 Å². The van der Waals surface area contributed by atoms with E-state index in [1.165, 1.54) is 0 Å². The van der Waals surface area contributed by atoms with E-state index in [9.17, 15) is 14.7 Å². The molecule has 0 spiro atoms. The number of aliphatic hydroxyl groups is 1. The lowest BCUT2D eigenvalue weighted by Gasteiger charge is -2.23. The molecule has 0 bridgehead atoms. The third-order valence-electron chi connectivity index (χ3n) is 3.40. The van der Waals surface area contributed by atoms with Crippen molar-refractivity contribution in [3.63, 3.8) is 0 Å². The summed E-state index contributed by atoms with van der Waals surface area (Å²) in [7, 11) is 0. The van der Waals surface area contributed by atoms with Crippen molar-refractivity contribution in [1.29, 1.82) is 0 Å². The number of rotatable bonds is 6. The first-order valence-corrected chi connectivity index (χ1v) is 8.57. The van der Waals surface area contributed by atoms with E-state index in [-0.39, 0.29) is 6.61 Å². The molecule has 2 unspecified atom stereocenters. The molecule has 24 heavy (non-hydrogen) atoms. The standard InChI is InChI=1S/C18H18INO4/c1-2-24-18(23)15(16(21)12-8-4-3-5-9-12)20-17(22)13-10-6-7-11-14(13)19/h3-11,15-16,21H,2H2,1H3,(H,20,22). The zero-order chi connectivity index (χ0) is 17.5. The molecule has 0 aliphatic carbocycles. The molecule has 1 amide bonds. The van der Waals surface area contributed by atoms with E-state index < -0.39 is 24.0 Å². The number of amides is 1. The van der Waals surface area contributed by atoms with Crippen LogP contribution in [0, 0.1) is 3.57 Å². The quantitative estimate of drug-likeness (QED) is 0.536. The van der Waals surface area contributed by atoms with Crippen molar-refractivity contribution in [3.8, 4) is 0 Å². The summed E-state index contributed by atoms with van der Waals surface area (Å²) in [5.41, 5.74) is 0.964. The Bertz CT molecular complexity index is 705. The van der Waals surface area contributed by atoms with E-state index in [0.717, 1.165) is 3.57 Å². The van der Waals surface area contributed by atoms with Crippen LogP contribution in [-0.4, -0.2) is 29.6 Å². The number of carbonyl (C=O) groups excluding carboxylic acids is 2. The van der Waals surface area contributed by atoms with Gasteiger partial charge in [0.15, 0.2) is 6.04 Å². The second kappa shape index (κ2) is 8.79. The first kappa shape index (κ1) is 18.4. The monoisotopic (exact) mass is 439 g/mol. The zero-order valence-electron chi connectivity index (χ0n) is 13.1. The summed E-state index contributed by atoms with van der Waals surface area (Å²) < 4.78 is 5.75. The van der Waals surface area contributed by atoms with Gasteiger partial charge in [-0.15, -0.1) is 0 Å². The van der Waals surface area contributed by atoms with Crippen LogP contribution in [0.15, 0.2) is 54.6 Å². The van der Waals surface area contributed by atoms with Gasteiger partial charge in [-0.05, 0) is 47.2 Å². The van der Waals surface area contributed by atoms with Crippen LogP contribution in [0.4, 0.5) is 0 Å². The molecule has 0 saturated heterocycles. The Morgan fingerprint density at radius 2 is 1.75 bits per heavy atom. The molecule has 0 aliphatic heterocycles. The van der Waals surface area contributed by atoms with E-state index in [0.29, 0.717) is 11.1 Å². The number of esters is 1. The molecule has 126 valence electrons. The van der Waals surface area contributed by atoms with Crippen molar-refractivity contribution in [3.05, 3.63) is 69.3 Å². The number of carbonyl (C=O) groups is 2. The Labute approximate surface area is 154 Å². The van der Waals surface area contributed by atoms with E-state index in [2.05, 4.69) is 5.32 Å². The van der Waals surface area contributed by atoms with Crippen LogP contribution in [-0.2, 0) is 9.53 Å². The smallest absolute Gasteiger partial charge is 0.331 e. The minimum absolute atomic E-state index is 0.162. The largest absolute Gasteiger partial charge is 0.464 e. The molecule has 0 heterocycles. The van der Waals surface area contributed by atoms with E-state index in [1.54, 1.807) is 55.5 Å². The van der Waals surface area contributed by atoms with Gasteiger partial charge in [0, 0.05) is 3.57 Å². The van der Waals surface area contributed by atoms with Crippen molar-refractivity contribution in [2.75, 3.05) is 6.61 Å². The molecular formula is C18H18INO4. The van der Waals surface area contributed by atoms with Gasteiger partial charge in [-0.3, -0.25) is 4.79 Å². The second-order valence-corrected chi connectivity index (χ2v) is 6.20. The molecule has 0 aliphatic rings. The molecule has 2 aromatic carbocycles. The molecule has 6 heteroatoms. The van der Waals surface area contributed by atoms with Crippen molar-refractivity contribution in [2.24, 2.45) is 0 Å². The summed E-state index contributed by atoms with van der Waals surface area (Å²) in [4.78, 5) is 24.7. The third-order valence-corrected chi connectivity index (χ3v) is 4.34. The number of hydrogen-bond donors (Lipinski definition) is 2. The minimum Gasteiger partial charge on any atom is -0.464 e. The average molecular weight is 439 g/mol. The first-order valence-electron chi connectivity index (χ1n) is 7.49. The number of halogens is 1. The highest BCUT2D eigenvalue weighted by Crippen LogP contribution is 2.19. The second-order valence-electron chi connectivity index (χ2n) is 5.04. The number of ether oxygens (including phenoxy) is 1. The summed E-state index contributed by atoms with van der Waals surface area (Å²) in [6.45, 7) is 1.83. The summed E-state index contributed by atoms with van der Waals surface area (Å²) in [5.74, 6) is -1.11. The summed E-state index contributed by atoms with van der Waals surface area (Å²) >= 11 is 2.05. The first-order chi connectivity index (χ1) is 11.5. The van der Waals surface area contributed by atoms with Crippen LogP contribution in [0.2, 0.25) is 0 Å². The molecule has 5 nitrogen and oxygen atoms in total. The van der Waals surface area contributed by atoms with Crippen molar-refractivity contribution in [1.82, 2.24) is 5.32 Å². The molecule has 0 fully saturated rings. The van der Waals surface area contributed by atoms with Gasteiger partial charge in [0.2, 0.25) is 0 Å². The number of nitrogens with one attached hydrogen (secondary N) is 1. The predicted octanol–water partition coefficient (Wildman–Crippen LogP) is 2.69.